The van der Waals surface area contributed by atoms with Crippen molar-refractivity contribution in [2.24, 2.45) is 5.41 Å². The zero-order valence-electron chi connectivity index (χ0n) is 24.4. The number of nitrogens with one attached hydrogen (secondary N) is 1. The van der Waals surface area contributed by atoms with Crippen LogP contribution < -0.4 is 10.2 Å². The molecule has 11 heteroatoms. The van der Waals surface area contributed by atoms with Gasteiger partial charge in [-0.3, -0.25) is 4.21 Å². The van der Waals surface area contributed by atoms with Gasteiger partial charge < -0.3 is 20.2 Å². The Balaban J connectivity index is 1.28. The second-order valence-corrected chi connectivity index (χ2v) is 14.3. The average Bonchev–Trinajstić information content (AvgIpc) is 2.92. The number of hydrogen-bond donors (Lipinski definition) is 2. The van der Waals surface area contributed by atoms with Crippen molar-refractivity contribution in [2.45, 2.75) is 101 Å². The van der Waals surface area contributed by atoms with Gasteiger partial charge in [0.1, 0.15) is 11.4 Å². The van der Waals surface area contributed by atoms with E-state index in [4.69, 9.17) is 0 Å². The van der Waals surface area contributed by atoms with Gasteiger partial charge in [0.25, 0.3) is 0 Å². The first-order valence-corrected chi connectivity index (χ1v) is 16.0. The molecular formula is C30H42F3N5O2S. The molecule has 7 nitrogen and oxygen atoms in total. The molecule has 41 heavy (non-hydrogen) atoms. The minimum absolute atomic E-state index is 0.0456. The van der Waals surface area contributed by atoms with Crippen LogP contribution in [0.25, 0.3) is 0 Å². The highest BCUT2D eigenvalue weighted by atomic mass is 32.2. The molecule has 1 spiro atoms. The number of aryl methyl sites for hydroxylation is 1. The predicted octanol–water partition coefficient (Wildman–Crippen LogP) is 6.05. The van der Waals surface area contributed by atoms with E-state index in [0.29, 0.717) is 43.0 Å². The van der Waals surface area contributed by atoms with Gasteiger partial charge in [-0.2, -0.15) is 18.2 Å². The van der Waals surface area contributed by atoms with E-state index in [1.165, 1.54) is 17.7 Å². The maximum Gasteiger partial charge on any atom is 0.421 e. The molecule has 0 radical (unpaired) electrons. The van der Waals surface area contributed by atoms with Gasteiger partial charge in [-0.1, -0.05) is 6.92 Å². The largest absolute Gasteiger partial charge is 0.421 e. The second kappa shape index (κ2) is 11.4. The van der Waals surface area contributed by atoms with E-state index in [-0.39, 0.29) is 23.6 Å². The van der Waals surface area contributed by atoms with Gasteiger partial charge in [0.2, 0.25) is 5.95 Å². The van der Waals surface area contributed by atoms with Crippen molar-refractivity contribution in [1.29, 1.82) is 0 Å². The monoisotopic (exact) mass is 593 g/mol. The Morgan fingerprint density at radius 1 is 1.17 bits per heavy atom. The van der Waals surface area contributed by atoms with E-state index in [0.717, 1.165) is 42.6 Å². The van der Waals surface area contributed by atoms with Gasteiger partial charge in [0, 0.05) is 41.2 Å². The predicted molar refractivity (Wildman–Crippen MR) is 156 cm³/mol. The third kappa shape index (κ3) is 6.41. The minimum atomic E-state index is -4.62. The van der Waals surface area contributed by atoms with Gasteiger partial charge in [-0.25, -0.2) is 4.98 Å². The first-order chi connectivity index (χ1) is 19.3. The fraction of sp³-hybridized carbons (Fsp3) is 0.667. The number of anilines is 3. The summed E-state index contributed by atoms with van der Waals surface area (Å²) in [7, 11) is -1.11. The van der Waals surface area contributed by atoms with Gasteiger partial charge >= 0.3 is 6.18 Å². The number of benzene rings is 1. The summed E-state index contributed by atoms with van der Waals surface area (Å²) < 4.78 is 55.0. The Morgan fingerprint density at radius 3 is 2.49 bits per heavy atom. The lowest BCUT2D eigenvalue weighted by Crippen LogP contribution is -2.51. The average molecular weight is 594 g/mol. The van der Waals surface area contributed by atoms with Crippen molar-refractivity contribution in [1.82, 2.24) is 14.9 Å². The minimum Gasteiger partial charge on any atom is -0.388 e. The quantitative estimate of drug-likeness (QED) is 0.405. The van der Waals surface area contributed by atoms with Crippen molar-refractivity contribution in [2.75, 3.05) is 36.4 Å². The highest BCUT2D eigenvalue weighted by molar-refractivity contribution is 7.85. The number of aliphatic hydroxyl groups is 1. The number of aromatic nitrogens is 2. The molecular weight excluding hydrogens is 551 g/mol. The van der Waals surface area contributed by atoms with Crippen LogP contribution in [-0.2, 0) is 17.0 Å². The van der Waals surface area contributed by atoms with Crippen LogP contribution in [0.1, 0.15) is 76.8 Å². The molecule has 2 unspecified atom stereocenters. The summed E-state index contributed by atoms with van der Waals surface area (Å²) in [6.07, 6.45) is 2.09. The molecule has 2 aromatic rings. The molecule has 3 fully saturated rings. The molecule has 2 N–H and O–H groups in total. The van der Waals surface area contributed by atoms with Crippen molar-refractivity contribution >= 4 is 28.3 Å². The zero-order chi connectivity index (χ0) is 29.6. The maximum absolute atomic E-state index is 13.9. The van der Waals surface area contributed by atoms with Crippen LogP contribution in [-0.4, -0.2) is 67.3 Å². The van der Waals surface area contributed by atoms with Gasteiger partial charge in [-0.05, 0) is 108 Å². The lowest BCUT2D eigenvalue weighted by atomic mass is 9.63. The van der Waals surface area contributed by atoms with Crippen LogP contribution in [0.4, 0.5) is 30.6 Å². The Hall–Kier alpha value is -2.24. The second-order valence-electron chi connectivity index (χ2n) is 12.6. The molecule has 1 aliphatic carbocycles. The van der Waals surface area contributed by atoms with Gasteiger partial charge in [0.05, 0.1) is 16.4 Å². The molecule has 1 aromatic heterocycles. The van der Waals surface area contributed by atoms with E-state index >= 15 is 0 Å². The zero-order valence-corrected chi connectivity index (χ0v) is 25.2. The SMILES string of the molecule is CCC1(O)CCCN(c2nc(Nc3ccc(S(=O)C4CC5(CCN(C(C)C)CC5)C4)cc3C)ncc2C(F)(F)F)C1. The molecule has 0 amide bonds. The summed E-state index contributed by atoms with van der Waals surface area (Å²) in [4.78, 5) is 13.1. The van der Waals surface area contributed by atoms with E-state index in [2.05, 4.69) is 34.0 Å². The molecule has 2 aliphatic heterocycles. The van der Waals surface area contributed by atoms with Crippen LogP contribution in [0, 0.1) is 12.3 Å². The lowest BCUT2D eigenvalue weighted by molar-refractivity contribution is -0.137. The third-order valence-corrected chi connectivity index (χ3v) is 11.1. The molecule has 3 heterocycles. The number of hydrogen-bond acceptors (Lipinski definition) is 7. The Kier molecular flexibility index (Phi) is 8.44. The van der Waals surface area contributed by atoms with Crippen molar-refractivity contribution in [3.05, 3.63) is 35.5 Å². The Labute approximate surface area is 243 Å². The highest BCUT2D eigenvalue weighted by Gasteiger charge is 2.48. The van der Waals surface area contributed by atoms with Crippen molar-refractivity contribution in [3.8, 4) is 0 Å². The summed E-state index contributed by atoms with van der Waals surface area (Å²) in [6, 6.07) is 6.09. The van der Waals surface area contributed by atoms with Crippen LogP contribution in [0.2, 0.25) is 0 Å². The topological polar surface area (TPSA) is 81.6 Å². The van der Waals surface area contributed by atoms with Crippen molar-refractivity contribution < 1.29 is 22.5 Å². The molecule has 0 bridgehead atoms. The van der Waals surface area contributed by atoms with Crippen LogP contribution in [0.15, 0.2) is 29.3 Å². The first kappa shape index (κ1) is 30.2. The fourth-order valence-corrected chi connectivity index (χ4v) is 8.54. The molecule has 2 atom stereocenters. The fourth-order valence-electron chi connectivity index (χ4n) is 6.65. The number of likely N-dealkylation sites (tertiary alicyclic amines) is 1. The van der Waals surface area contributed by atoms with Crippen molar-refractivity contribution in [3.63, 3.8) is 0 Å². The standard InChI is InChI=1S/C30H42F3N5O2S/c1-5-29(39)9-6-12-38(19-29)26-24(30(31,32)33)18-34-27(36-26)35-25-8-7-22(15-21(25)4)41(40)23-16-28(17-23)10-13-37(14-11-28)20(2)3/h7-8,15,18,20,23,39H,5-6,9-14,16-17,19H2,1-4H3,(H,34,35,36). The molecule has 1 saturated carbocycles. The Morgan fingerprint density at radius 2 is 1.88 bits per heavy atom. The molecule has 1 aromatic carbocycles. The normalized spacial score (nSPS) is 24.5. The summed E-state index contributed by atoms with van der Waals surface area (Å²) in [5.41, 5.74) is -0.169. The molecule has 2 saturated heterocycles. The smallest absolute Gasteiger partial charge is 0.388 e. The van der Waals surface area contributed by atoms with E-state index in [1.54, 1.807) is 6.07 Å². The van der Waals surface area contributed by atoms with E-state index in [1.807, 2.05) is 26.0 Å². The van der Waals surface area contributed by atoms with Crippen LogP contribution >= 0.6 is 0 Å². The van der Waals surface area contributed by atoms with Crippen LogP contribution in [0.5, 0.6) is 0 Å². The van der Waals surface area contributed by atoms with Crippen LogP contribution in [0.3, 0.4) is 0 Å². The molecule has 5 rings (SSSR count). The Bertz CT molecular complexity index is 1270. The molecule has 3 aliphatic rings. The lowest BCUT2D eigenvalue weighted by Gasteiger charge is -2.52. The summed E-state index contributed by atoms with van der Waals surface area (Å²) in [5, 5.41) is 14.0. The van der Waals surface area contributed by atoms with E-state index in [9.17, 15) is 22.5 Å². The highest BCUT2D eigenvalue weighted by Crippen LogP contribution is 2.52. The van der Waals surface area contributed by atoms with Gasteiger partial charge in [-0.15, -0.1) is 0 Å². The van der Waals surface area contributed by atoms with E-state index < -0.39 is 28.1 Å². The molecule has 226 valence electrons. The number of halogens is 3. The van der Waals surface area contributed by atoms with Gasteiger partial charge in [0.15, 0.2) is 0 Å². The summed E-state index contributed by atoms with van der Waals surface area (Å²) in [5.74, 6) is -0.181. The number of nitrogens with zero attached hydrogens (tertiary/aromatic N) is 4. The summed E-state index contributed by atoms with van der Waals surface area (Å²) in [6.45, 7) is 10.9. The number of β-amino-alcohol motifs (C(OH)–C–C–N with tert-alkyl or cyclic N) is 1. The number of rotatable bonds is 7. The third-order valence-electron chi connectivity index (χ3n) is 9.48. The summed E-state index contributed by atoms with van der Waals surface area (Å²) >= 11 is 0. The number of alkyl halides is 3. The maximum atomic E-state index is 13.9. The first-order valence-electron chi connectivity index (χ1n) is 14.8. The number of piperidine rings is 2.